The number of rotatable bonds is 3. The van der Waals surface area contributed by atoms with E-state index < -0.39 is 15.8 Å². The lowest BCUT2D eigenvalue weighted by Crippen LogP contribution is -2.04. The van der Waals surface area contributed by atoms with Crippen molar-refractivity contribution in [3.8, 4) is 0 Å². The summed E-state index contributed by atoms with van der Waals surface area (Å²) < 4.78 is 24.0. The number of nitrogens with zero attached hydrogens (tertiary/aromatic N) is 1. The molecular formula is C10H7NO4S2. The van der Waals surface area contributed by atoms with E-state index in [1.807, 2.05) is 0 Å². The molecule has 1 heterocycles. The molecule has 7 heteroatoms. The van der Waals surface area contributed by atoms with E-state index in [1.54, 1.807) is 5.38 Å². The molecule has 1 aromatic heterocycles. The van der Waals surface area contributed by atoms with Gasteiger partial charge in [-0.1, -0.05) is 6.07 Å². The summed E-state index contributed by atoms with van der Waals surface area (Å²) in [6, 6.07) is 5.20. The SMILES string of the molecule is O=C(O)c1cccc(S(=O)(=O)c2nccs2)c1. The fraction of sp³-hybridized carbons (Fsp3) is 0. The lowest BCUT2D eigenvalue weighted by atomic mass is 10.2. The Bertz CT molecular complexity index is 647. The monoisotopic (exact) mass is 269 g/mol. The summed E-state index contributed by atoms with van der Waals surface area (Å²) in [7, 11) is -3.71. The van der Waals surface area contributed by atoms with Crippen molar-refractivity contribution in [3.05, 3.63) is 41.4 Å². The molecular weight excluding hydrogens is 262 g/mol. The van der Waals surface area contributed by atoms with Crippen molar-refractivity contribution in [2.24, 2.45) is 0 Å². The molecule has 17 heavy (non-hydrogen) atoms. The highest BCUT2D eigenvalue weighted by Crippen LogP contribution is 2.23. The standard InChI is InChI=1S/C10H7NO4S2/c12-9(13)7-2-1-3-8(6-7)17(14,15)10-11-4-5-16-10/h1-6H,(H,12,13). The first-order valence-corrected chi connectivity index (χ1v) is 6.86. The maximum atomic E-state index is 12.0. The van der Waals surface area contributed by atoms with Crippen molar-refractivity contribution in [1.82, 2.24) is 4.98 Å². The largest absolute Gasteiger partial charge is 0.478 e. The molecule has 2 rings (SSSR count). The van der Waals surface area contributed by atoms with Gasteiger partial charge < -0.3 is 5.11 Å². The zero-order valence-electron chi connectivity index (χ0n) is 8.40. The minimum atomic E-state index is -3.71. The molecule has 88 valence electrons. The Kier molecular flexibility index (Phi) is 2.95. The van der Waals surface area contributed by atoms with Gasteiger partial charge >= 0.3 is 5.97 Å². The minimum absolute atomic E-state index is 0.0416. The second-order valence-electron chi connectivity index (χ2n) is 3.13. The van der Waals surface area contributed by atoms with E-state index in [4.69, 9.17) is 5.11 Å². The van der Waals surface area contributed by atoms with E-state index in [9.17, 15) is 13.2 Å². The maximum Gasteiger partial charge on any atom is 0.335 e. The molecule has 0 spiro atoms. The van der Waals surface area contributed by atoms with Crippen LogP contribution in [0.2, 0.25) is 0 Å². The smallest absolute Gasteiger partial charge is 0.335 e. The Hall–Kier alpha value is -1.73. The van der Waals surface area contributed by atoms with Gasteiger partial charge in [0.2, 0.25) is 14.2 Å². The van der Waals surface area contributed by atoms with Gasteiger partial charge in [-0.2, -0.15) is 0 Å². The highest BCUT2D eigenvalue weighted by molar-refractivity contribution is 7.93. The highest BCUT2D eigenvalue weighted by atomic mass is 32.2. The summed E-state index contributed by atoms with van der Waals surface area (Å²) in [5.74, 6) is -1.17. The first-order valence-electron chi connectivity index (χ1n) is 4.50. The number of hydrogen-bond donors (Lipinski definition) is 1. The number of carboxylic acids is 1. The second kappa shape index (κ2) is 4.27. The Morgan fingerprint density at radius 3 is 2.71 bits per heavy atom. The van der Waals surface area contributed by atoms with Crippen molar-refractivity contribution < 1.29 is 18.3 Å². The van der Waals surface area contributed by atoms with Gasteiger partial charge in [-0.3, -0.25) is 0 Å². The third kappa shape index (κ3) is 2.20. The number of aromatic nitrogens is 1. The van der Waals surface area contributed by atoms with Crippen LogP contribution in [0.3, 0.4) is 0 Å². The number of benzene rings is 1. The average Bonchev–Trinajstić information content (AvgIpc) is 2.83. The summed E-state index contributed by atoms with van der Waals surface area (Å²) in [5.41, 5.74) is -0.0670. The molecule has 0 saturated heterocycles. The van der Waals surface area contributed by atoms with Crippen LogP contribution in [-0.4, -0.2) is 24.5 Å². The van der Waals surface area contributed by atoms with Crippen LogP contribution in [-0.2, 0) is 9.84 Å². The third-order valence-corrected chi connectivity index (χ3v) is 4.98. The van der Waals surface area contributed by atoms with Crippen molar-refractivity contribution in [2.75, 3.05) is 0 Å². The number of hydrogen-bond acceptors (Lipinski definition) is 5. The zero-order valence-corrected chi connectivity index (χ0v) is 10.0. The molecule has 1 N–H and O–H groups in total. The van der Waals surface area contributed by atoms with E-state index in [0.717, 1.165) is 17.4 Å². The molecule has 0 aliphatic heterocycles. The van der Waals surface area contributed by atoms with E-state index in [0.29, 0.717) is 0 Å². The molecule has 2 aromatic rings. The summed E-state index contributed by atoms with van der Waals surface area (Å²) in [4.78, 5) is 14.4. The molecule has 0 bridgehead atoms. The topological polar surface area (TPSA) is 84.3 Å². The number of carbonyl (C=O) groups is 1. The number of sulfone groups is 1. The Morgan fingerprint density at radius 1 is 1.35 bits per heavy atom. The van der Waals surface area contributed by atoms with Crippen molar-refractivity contribution >= 4 is 27.1 Å². The van der Waals surface area contributed by atoms with Gasteiger partial charge in [0.15, 0.2) is 0 Å². The quantitative estimate of drug-likeness (QED) is 0.916. The van der Waals surface area contributed by atoms with E-state index >= 15 is 0 Å². The molecule has 0 saturated carbocycles. The van der Waals surface area contributed by atoms with E-state index in [1.165, 1.54) is 24.4 Å². The minimum Gasteiger partial charge on any atom is -0.478 e. The summed E-state index contributed by atoms with van der Waals surface area (Å²) in [5, 5.41) is 10.3. The van der Waals surface area contributed by atoms with Crippen LogP contribution in [0.1, 0.15) is 10.4 Å². The molecule has 0 fully saturated rings. The van der Waals surface area contributed by atoms with Crippen LogP contribution < -0.4 is 0 Å². The maximum absolute atomic E-state index is 12.0. The van der Waals surface area contributed by atoms with Crippen LogP contribution in [0.15, 0.2) is 45.1 Å². The van der Waals surface area contributed by atoms with Crippen molar-refractivity contribution in [2.45, 2.75) is 9.24 Å². The van der Waals surface area contributed by atoms with E-state index in [2.05, 4.69) is 4.98 Å². The predicted molar refractivity (Wildman–Crippen MR) is 61.0 cm³/mol. The van der Waals surface area contributed by atoms with Crippen LogP contribution in [0.4, 0.5) is 0 Å². The molecule has 0 radical (unpaired) electrons. The molecule has 0 aliphatic carbocycles. The molecule has 0 amide bonds. The average molecular weight is 269 g/mol. The summed E-state index contributed by atoms with van der Waals surface area (Å²) in [6.07, 6.45) is 1.39. The molecule has 0 aliphatic rings. The Labute approximate surface area is 101 Å². The lowest BCUT2D eigenvalue weighted by Gasteiger charge is -2.01. The fourth-order valence-electron chi connectivity index (χ4n) is 1.24. The van der Waals surface area contributed by atoms with Crippen LogP contribution >= 0.6 is 11.3 Å². The van der Waals surface area contributed by atoms with Gasteiger partial charge in [-0.05, 0) is 18.2 Å². The van der Waals surface area contributed by atoms with Gasteiger partial charge in [-0.15, -0.1) is 11.3 Å². The Morgan fingerprint density at radius 2 is 2.12 bits per heavy atom. The van der Waals surface area contributed by atoms with Gasteiger partial charge in [0.1, 0.15) is 0 Å². The summed E-state index contributed by atoms with van der Waals surface area (Å²) >= 11 is 0.992. The van der Waals surface area contributed by atoms with Gasteiger partial charge in [0, 0.05) is 11.6 Å². The van der Waals surface area contributed by atoms with Gasteiger partial charge in [-0.25, -0.2) is 18.2 Å². The fourth-order valence-corrected chi connectivity index (χ4v) is 3.50. The van der Waals surface area contributed by atoms with Crippen LogP contribution in [0.25, 0.3) is 0 Å². The summed E-state index contributed by atoms with van der Waals surface area (Å²) in [6.45, 7) is 0. The van der Waals surface area contributed by atoms with Gasteiger partial charge in [0.25, 0.3) is 0 Å². The molecule has 5 nitrogen and oxygen atoms in total. The van der Waals surface area contributed by atoms with Crippen molar-refractivity contribution in [3.63, 3.8) is 0 Å². The highest BCUT2D eigenvalue weighted by Gasteiger charge is 2.21. The normalized spacial score (nSPS) is 11.3. The molecule has 0 unspecified atom stereocenters. The number of thiazole rings is 1. The van der Waals surface area contributed by atoms with Crippen LogP contribution in [0, 0.1) is 0 Å². The van der Waals surface area contributed by atoms with E-state index in [-0.39, 0.29) is 14.8 Å². The van der Waals surface area contributed by atoms with Crippen molar-refractivity contribution in [1.29, 1.82) is 0 Å². The zero-order chi connectivity index (χ0) is 12.5. The first kappa shape index (κ1) is 11.7. The second-order valence-corrected chi connectivity index (χ2v) is 6.15. The lowest BCUT2D eigenvalue weighted by molar-refractivity contribution is 0.0696. The molecule has 0 atom stereocenters. The third-order valence-electron chi connectivity index (χ3n) is 2.03. The number of aromatic carboxylic acids is 1. The predicted octanol–water partition coefficient (Wildman–Crippen LogP) is 1.67. The molecule has 1 aromatic carbocycles. The number of carboxylic acid groups (broad SMARTS) is 1. The Balaban J connectivity index is 2.55. The van der Waals surface area contributed by atoms with Crippen LogP contribution in [0.5, 0.6) is 0 Å². The first-order chi connectivity index (χ1) is 8.01. The van der Waals surface area contributed by atoms with Gasteiger partial charge in [0.05, 0.1) is 10.5 Å².